The van der Waals surface area contributed by atoms with Crippen LogP contribution in [0.3, 0.4) is 0 Å². The summed E-state index contributed by atoms with van der Waals surface area (Å²) in [6, 6.07) is 24.1. The fourth-order valence-electron chi connectivity index (χ4n) is 3.27. The van der Waals surface area contributed by atoms with Crippen molar-refractivity contribution in [1.82, 2.24) is 15.2 Å². The lowest BCUT2D eigenvalue weighted by atomic mass is 10.1. The summed E-state index contributed by atoms with van der Waals surface area (Å²) in [7, 11) is 0. The van der Waals surface area contributed by atoms with Crippen molar-refractivity contribution in [2.45, 2.75) is 6.92 Å². The number of para-hydroxylation sites is 1. The van der Waals surface area contributed by atoms with Crippen LogP contribution in [0.1, 0.15) is 27.2 Å². The fourth-order valence-corrected chi connectivity index (χ4v) is 3.27. The molecule has 31 heavy (non-hydrogen) atoms. The molecule has 3 aromatic carbocycles. The van der Waals surface area contributed by atoms with Crippen LogP contribution in [-0.2, 0) is 0 Å². The van der Waals surface area contributed by atoms with Crippen molar-refractivity contribution in [2.24, 2.45) is 5.10 Å². The molecule has 0 fully saturated rings. The molecule has 0 saturated heterocycles. The number of aromatic nitrogens is 2. The molecular formula is C24H17N5O2. The highest BCUT2D eigenvalue weighted by molar-refractivity contribution is 6.00. The third-order valence-corrected chi connectivity index (χ3v) is 4.86. The van der Waals surface area contributed by atoms with E-state index >= 15 is 0 Å². The first kappa shape index (κ1) is 19.7. The van der Waals surface area contributed by atoms with Crippen LogP contribution in [0, 0.1) is 18.3 Å². The molecule has 0 aliphatic rings. The summed E-state index contributed by atoms with van der Waals surface area (Å²) in [6.45, 7) is 1.52. The number of amides is 1. The average molecular weight is 407 g/mol. The summed E-state index contributed by atoms with van der Waals surface area (Å²) >= 11 is 0. The minimum absolute atomic E-state index is 0.0462. The number of rotatable bonds is 4. The zero-order valence-corrected chi connectivity index (χ0v) is 16.6. The molecule has 0 radical (unpaired) electrons. The summed E-state index contributed by atoms with van der Waals surface area (Å²) < 4.78 is 1.05. The van der Waals surface area contributed by atoms with Gasteiger partial charge in [0.1, 0.15) is 11.6 Å². The minimum Gasteiger partial charge on any atom is -0.266 e. The van der Waals surface area contributed by atoms with Crippen LogP contribution < -0.4 is 11.0 Å². The van der Waals surface area contributed by atoms with Gasteiger partial charge in [-0.25, -0.2) is 5.43 Å². The molecule has 0 saturated carbocycles. The van der Waals surface area contributed by atoms with Gasteiger partial charge in [0.05, 0.1) is 11.9 Å². The third kappa shape index (κ3) is 3.82. The molecule has 7 nitrogen and oxygen atoms in total. The van der Waals surface area contributed by atoms with Crippen LogP contribution in [0.5, 0.6) is 0 Å². The van der Waals surface area contributed by atoms with Gasteiger partial charge in [0.15, 0.2) is 5.69 Å². The second-order valence-electron chi connectivity index (χ2n) is 6.78. The minimum atomic E-state index is -0.616. The molecule has 150 valence electrons. The van der Waals surface area contributed by atoms with Gasteiger partial charge in [-0.2, -0.15) is 20.1 Å². The average Bonchev–Trinajstić information content (AvgIpc) is 2.80. The van der Waals surface area contributed by atoms with Gasteiger partial charge in [0, 0.05) is 11.1 Å². The van der Waals surface area contributed by atoms with Crippen LogP contribution in [0.4, 0.5) is 0 Å². The normalized spacial score (nSPS) is 10.8. The first-order valence-corrected chi connectivity index (χ1v) is 9.51. The Kier molecular flexibility index (Phi) is 5.37. The topological polar surface area (TPSA) is 100 Å². The van der Waals surface area contributed by atoms with E-state index in [2.05, 4.69) is 15.6 Å². The Balaban J connectivity index is 1.68. The van der Waals surface area contributed by atoms with E-state index in [1.54, 1.807) is 36.5 Å². The van der Waals surface area contributed by atoms with Gasteiger partial charge in [0.2, 0.25) is 0 Å². The molecule has 0 unspecified atom stereocenters. The molecule has 1 N–H and O–H groups in total. The molecule has 7 heteroatoms. The largest absolute Gasteiger partial charge is 0.292 e. The summed E-state index contributed by atoms with van der Waals surface area (Å²) in [6.07, 6.45) is 1.55. The Labute approximate surface area is 177 Å². The van der Waals surface area contributed by atoms with E-state index in [9.17, 15) is 14.9 Å². The predicted octanol–water partition coefficient (Wildman–Crippen LogP) is 3.33. The van der Waals surface area contributed by atoms with E-state index in [1.165, 1.54) is 6.92 Å². The number of nitrogens with one attached hydrogen (secondary N) is 1. The van der Waals surface area contributed by atoms with Gasteiger partial charge in [-0.3, -0.25) is 9.59 Å². The van der Waals surface area contributed by atoms with Gasteiger partial charge in [-0.1, -0.05) is 60.7 Å². The van der Waals surface area contributed by atoms with E-state index in [0.717, 1.165) is 21.0 Å². The smallest absolute Gasteiger partial charge is 0.266 e. The zero-order valence-electron chi connectivity index (χ0n) is 16.6. The number of nitrogens with zero attached hydrogens (tertiary/aromatic N) is 4. The predicted molar refractivity (Wildman–Crippen MR) is 118 cm³/mol. The van der Waals surface area contributed by atoms with Crippen LogP contribution in [0.25, 0.3) is 16.5 Å². The Morgan fingerprint density at radius 1 is 1.06 bits per heavy atom. The molecule has 0 atom stereocenters. The summed E-state index contributed by atoms with van der Waals surface area (Å²) in [5.74, 6) is -0.616. The first-order chi connectivity index (χ1) is 15.1. The second-order valence-corrected chi connectivity index (χ2v) is 6.78. The zero-order chi connectivity index (χ0) is 21.8. The molecule has 1 amide bonds. The van der Waals surface area contributed by atoms with Crippen molar-refractivity contribution in [3.8, 4) is 11.8 Å². The second kappa shape index (κ2) is 8.43. The van der Waals surface area contributed by atoms with Crippen molar-refractivity contribution in [1.29, 1.82) is 5.26 Å². The van der Waals surface area contributed by atoms with E-state index in [4.69, 9.17) is 0 Å². The van der Waals surface area contributed by atoms with Gasteiger partial charge < -0.3 is 0 Å². The van der Waals surface area contributed by atoms with Crippen molar-refractivity contribution < 1.29 is 4.79 Å². The SMILES string of the molecule is Cc1c(C(=O)N/N=C\c2cccc3ccccc23)nn(-c2ccccc2)c(=O)c1C#N. The van der Waals surface area contributed by atoms with Crippen molar-refractivity contribution in [3.63, 3.8) is 0 Å². The first-order valence-electron chi connectivity index (χ1n) is 9.51. The highest BCUT2D eigenvalue weighted by Crippen LogP contribution is 2.17. The molecule has 0 bridgehead atoms. The lowest BCUT2D eigenvalue weighted by molar-refractivity contribution is 0.0947. The lowest BCUT2D eigenvalue weighted by Gasteiger charge is -2.10. The highest BCUT2D eigenvalue weighted by Gasteiger charge is 2.20. The molecule has 4 aromatic rings. The maximum absolute atomic E-state index is 12.8. The maximum atomic E-state index is 12.8. The molecule has 1 aromatic heterocycles. The van der Waals surface area contributed by atoms with Crippen LogP contribution in [0.2, 0.25) is 0 Å². The summed E-state index contributed by atoms with van der Waals surface area (Å²) in [4.78, 5) is 25.4. The Morgan fingerprint density at radius 3 is 2.55 bits per heavy atom. The number of hydrogen-bond acceptors (Lipinski definition) is 5. The number of benzene rings is 3. The maximum Gasteiger partial charge on any atom is 0.292 e. The summed E-state index contributed by atoms with van der Waals surface area (Å²) in [5, 5.41) is 19.8. The summed E-state index contributed by atoms with van der Waals surface area (Å²) in [5.41, 5.74) is 3.19. The monoisotopic (exact) mass is 407 g/mol. The van der Waals surface area contributed by atoms with E-state index < -0.39 is 11.5 Å². The van der Waals surface area contributed by atoms with E-state index in [0.29, 0.717) is 5.69 Å². The number of nitriles is 1. The quantitative estimate of drug-likeness (QED) is 0.414. The number of carbonyl (C=O) groups excluding carboxylic acids is 1. The molecule has 4 rings (SSSR count). The van der Waals surface area contributed by atoms with Gasteiger partial charge in [-0.15, -0.1) is 0 Å². The Bertz CT molecular complexity index is 1410. The van der Waals surface area contributed by atoms with E-state index in [1.807, 2.05) is 48.5 Å². The number of hydrazone groups is 1. The van der Waals surface area contributed by atoms with Gasteiger partial charge in [-0.05, 0) is 29.8 Å². The van der Waals surface area contributed by atoms with Crippen LogP contribution in [-0.4, -0.2) is 21.9 Å². The standard InChI is InChI=1S/C24H17N5O2/c1-16-21(14-25)24(31)29(19-11-3-2-4-12-19)28-22(16)23(30)27-26-15-18-10-7-9-17-8-5-6-13-20(17)18/h2-13,15H,1H3,(H,27,30)/b26-15-. The molecule has 0 spiro atoms. The Morgan fingerprint density at radius 2 is 1.77 bits per heavy atom. The van der Waals surface area contributed by atoms with Crippen LogP contribution >= 0.6 is 0 Å². The van der Waals surface area contributed by atoms with Gasteiger partial charge >= 0.3 is 0 Å². The third-order valence-electron chi connectivity index (χ3n) is 4.86. The molecular weight excluding hydrogens is 390 g/mol. The number of hydrogen-bond donors (Lipinski definition) is 1. The fraction of sp³-hybridized carbons (Fsp3) is 0.0417. The van der Waals surface area contributed by atoms with Crippen molar-refractivity contribution >= 4 is 22.9 Å². The van der Waals surface area contributed by atoms with Crippen molar-refractivity contribution in [2.75, 3.05) is 0 Å². The number of carbonyl (C=O) groups is 1. The lowest BCUT2D eigenvalue weighted by Crippen LogP contribution is -2.31. The number of fused-ring (bicyclic) bond motifs is 1. The van der Waals surface area contributed by atoms with E-state index in [-0.39, 0.29) is 16.8 Å². The highest BCUT2D eigenvalue weighted by atomic mass is 16.2. The molecule has 1 heterocycles. The molecule has 0 aliphatic carbocycles. The molecule has 0 aliphatic heterocycles. The van der Waals surface area contributed by atoms with Crippen molar-refractivity contribution in [3.05, 3.63) is 106 Å². The van der Waals surface area contributed by atoms with Crippen LogP contribution in [0.15, 0.2) is 82.7 Å². The Hall–Kier alpha value is -4.57. The van der Waals surface area contributed by atoms with Gasteiger partial charge in [0.25, 0.3) is 11.5 Å².